The van der Waals surface area contributed by atoms with Gasteiger partial charge in [-0.1, -0.05) is 18.0 Å². The second-order valence-electron chi connectivity index (χ2n) is 6.49. The number of nitrogens with zero attached hydrogens (tertiary/aromatic N) is 2. The third kappa shape index (κ3) is 5.17. The summed E-state index contributed by atoms with van der Waals surface area (Å²) in [6.07, 6.45) is 7.80. The number of halogens is 1. The van der Waals surface area contributed by atoms with Gasteiger partial charge in [-0.3, -0.25) is 9.78 Å². The summed E-state index contributed by atoms with van der Waals surface area (Å²) >= 11 is 0. The minimum absolute atomic E-state index is 0.0381. The Labute approximate surface area is 157 Å². The van der Waals surface area contributed by atoms with Gasteiger partial charge >= 0.3 is 0 Å². The number of oxime groups is 1. The fourth-order valence-corrected chi connectivity index (χ4v) is 2.39. The zero-order valence-electron chi connectivity index (χ0n) is 15.7. The SMILES string of the molecule is C#Cc1cnc2cc(F)c(OC(CC)C(=O)NC(C)(C)C=NOC)cc2c1. The smallest absolute Gasteiger partial charge is 0.261 e. The predicted octanol–water partition coefficient (Wildman–Crippen LogP) is 3.04. The molecule has 27 heavy (non-hydrogen) atoms. The van der Waals surface area contributed by atoms with Gasteiger partial charge in [0.2, 0.25) is 0 Å². The van der Waals surface area contributed by atoms with Gasteiger partial charge in [0, 0.05) is 23.2 Å². The van der Waals surface area contributed by atoms with E-state index in [1.807, 2.05) is 0 Å². The van der Waals surface area contributed by atoms with Gasteiger partial charge in [0.1, 0.15) is 7.11 Å². The number of aromatic nitrogens is 1. The fraction of sp³-hybridized carbons (Fsp3) is 0.350. The van der Waals surface area contributed by atoms with Gasteiger partial charge in [-0.2, -0.15) is 0 Å². The van der Waals surface area contributed by atoms with Crippen molar-refractivity contribution < 1.29 is 18.8 Å². The third-order valence-corrected chi connectivity index (χ3v) is 3.76. The Morgan fingerprint density at radius 1 is 1.48 bits per heavy atom. The Hall–Kier alpha value is -3.14. The second kappa shape index (κ2) is 8.49. The van der Waals surface area contributed by atoms with Gasteiger partial charge in [-0.15, -0.1) is 6.42 Å². The van der Waals surface area contributed by atoms with Crippen LogP contribution in [0.4, 0.5) is 4.39 Å². The Balaban J connectivity index is 2.24. The molecule has 0 fully saturated rings. The molecule has 1 aromatic carbocycles. The molecule has 0 aliphatic heterocycles. The molecule has 0 saturated carbocycles. The first-order chi connectivity index (χ1) is 12.8. The summed E-state index contributed by atoms with van der Waals surface area (Å²) in [5.74, 6) is 1.45. The Morgan fingerprint density at radius 2 is 2.22 bits per heavy atom. The van der Waals surface area contributed by atoms with Crippen LogP contribution in [0.5, 0.6) is 5.75 Å². The second-order valence-corrected chi connectivity index (χ2v) is 6.49. The average molecular weight is 371 g/mol. The van der Waals surface area contributed by atoms with Crippen LogP contribution >= 0.6 is 0 Å². The first kappa shape index (κ1) is 20.2. The number of carbonyl (C=O) groups excluding carboxylic acids is 1. The van der Waals surface area contributed by atoms with Crippen molar-refractivity contribution >= 4 is 23.0 Å². The van der Waals surface area contributed by atoms with Crippen LogP contribution in [0.15, 0.2) is 29.6 Å². The van der Waals surface area contributed by atoms with E-state index in [0.717, 1.165) is 0 Å². The summed E-state index contributed by atoms with van der Waals surface area (Å²) in [6.45, 7) is 5.28. The van der Waals surface area contributed by atoms with Crippen LogP contribution in [0.25, 0.3) is 10.9 Å². The number of terminal acetylenes is 1. The first-order valence-corrected chi connectivity index (χ1v) is 8.42. The van der Waals surface area contributed by atoms with Crippen molar-refractivity contribution in [1.29, 1.82) is 0 Å². The molecule has 7 heteroatoms. The van der Waals surface area contributed by atoms with Crippen molar-refractivity contribution in [2.75, 3.05) is 7.11 Å². The van der Waals surface area contributed by atoms with E-state index in [2.05, 4.69) is 26.2 Å². The van der Waals surface area contributed by atoms with Crippen LogP contribution in [0.1, 0.15) is 32.8 Å². The molecule has 1 aromatic heterocycles. The number of rotatable bonds is 7. The molecule has 1 amide bonds. The molecule has 1 unspecified atom stereocenters. The largest absolute Gasteiger partial charge is 0.478 e. The first-order valence-electron chi connectivity index (χ1n) is 8.42. The molecule has 2 rings (SSSR count). The Bertz CT molecular complexity index is 903. The van der Waals surface area contributed by atoms with Crippen LogP contribution in [0.3, 0.4) is 0 Å². The molecule has 6 nitrogen and oxygen atoms in total. The van der Waals surface area contributed by atoms with E-state index in [-0.39, 0.29) is 11.7 Å². The molecule has 1 N–H and O–H groups in total. The topological polar surface area (TPSA) is 72.8 Å². The quantitative estimate of drug-likeness (QED) is 0.461. The lowest BCUT2D eigenvalue weighted by molar-refractivity contribution is -0.129. The number of hydrogen-bond acceptors (Lipinski definition) is 5. The highest BCUT2D eigenvalue weighted by molar-refractivity contribution is 5.86. The van der Waals surface area contributed by atoms with Crippen molar-refractivity contribution in [3.8, 4) is 18.1 Å². The molecule has 142 valence electrons. The molecule has 1 heterocycles. The van der Waals surface area contributed by atoms with Gasteiger partial charge < -0.3 is 14.9 Å². The lowest BCUT2D eigenvalue weighted by Gasteiger charge is -2.25. The number of benzene rings is 1. The number of hydrogen-bond donors (Lipinski definition) is 1. The number of nitrogens with one attached hydrogen (secondary N) is 1. The molecule has 0 aliphatic rings. The summed E-state index contributed by atoms with van der Waals surface area (Å²) in [5.41, 5.74) is 0.273. The minimum atomic E-state index is -0.879. The lowest BCUT2D eigenvalue weighted by Crippen LogP contribution is -2.50. The summed E-state index contributed by atoms with van der Waals surface area (Å²) < 4.78 is 20.0. The molecule has 0 spiro atoms. The summed E-state index contributed by atoms with van der Waals surface area (Å²) in [4.78, 5) is 21.3. The normalized spacial score (nSPS) is 12.6. The molecular weight excluding hydrogens is 349 g/mol. The van der Waals surface area contributed by atoms with Crippen molar-refractivity contribution in [1.82, 2.24) is 10.3 Å². The number of ether oxygens (including phenoxy) is 1. The monoisotopic (exact) mass is 371 g/mol. The van der Waals surface area contributed by atoms with Crippen molar-refractivity contribution in [3.63, 3.8) is 0 Å². The van der Waals surface area contributed by atoms with Crippen LogP contribution in [0, 0.1) is 18.2 Å². The van der Waals surface area contributed by atoms with Crippen molar-refractivity contribution in [2.24, 2.45) is 5.16 Å². The molecule has 0 aliphatic carbocycles. The van der Waals surface area contributed by atoms with E-state index in [1.54, 1.807) is 26.8 Å². The third-order valence-electron chi connectivity index (χ3n) is 3.76. The highest BCUT2D eigenvalue weighted by atomic mass is 19.1. The van der Waals surface area contributed by atoms with Gasteiger partial charge in [-0.25, -0.2) is 4.39 Å². The number of pyridine rings is 1. The number of amides is 1. The number of fused-ring (bicyclic) bond motifs is 1. The van der Waals surface area contributed by atoms with Crippen molar-refractivity contribution in [3.05, 3.63) is 35.8 Å². The van der Waals surface area contributed by atoms with E-state index in [1.165, 1.54) is 31.7 Å². The zero-order chi connectivity index (χ0) is 20.0. The van der Waals surface area contributed by atoms with Crippen LogP contribution in [0.2, 0.25) is 0 Å². The molecule has 2 aromatic rings. The molecule has 0 bridgehead atoms. The zero-order valence-corrected chi connectivity index (χ0v) is 15.7. The highest BCUT2D eigenvalue weighted by Crippen LogP contribution is 2.25. The van der Waals surface area contributed by atoms with Crippen LogP contribution in [-0.2, 0) is 9.63 Å². The summed E-state index contributed by atoms with van der Waals surface area (Å²) in [5, 5.41) is 7.08. The lowest BCUT2D eigenvalue weighted by atomic mass is 10.1. The van der Waals surface area contributed by atoms with E-state index in [4.69, 9.17) is 11.2 Å². The van der Waals surface area contributed by atoms with Gasteiger partial charge in [0.15, 0.2) is 17.7 Å². The predicted molar refractivity (Wildman–Crippen MR) is 102 cm³/mol. The molecular formula is C20H22FN3O3. The van der Waals surface area contributed by atoms with Crippen LogP contribution in [-0.4, -0.2) is 35.9 Å². The minimum Gasteiger partial charge on any atom is -0.478 e. The van der Waals surface area contributed by atoms with E-state index < -0.39 is 17.5 Å². The van der Waals surface area contributed by atoms with E-state index in [0.29, 0.717) is 22.9 Å². The summed E-state index contributed by atoms with van der Waals surface area (Å²) in [7, 11) is 1.41. The Morgan fingerprint density at radius 3 is 2.85 bits per heavy atom. The maximum absolute atomic E-state index is 14.4. The van der Waals surface area contributed by atoms with E-state index in [9.17, 15) is 9.18 Å². The van der Waals surface area contributed by atoms with Gasteiger partial charge in [0.25, 0.3) is 5.91 Å². The molecule has 0 saturated heterocycles. The standard InChI is InChI=1S/C20H22FN3O3/c1-6-13-8-14-9-18(15(21)10-16(14)22-11-13)27-17(7-2)19(25)24-20(3,4)12-23-26-5/h1,8-12,17H,7H2,2-5H3,(H,24,25). The summed E-state index contributed by atoms with van der Waals surface area (Å²) in [6, 6.07) is 4.46. The maximum atomic E-state index is 14.4. The van der Waals surface area contributed by atoms with E-state index >= 15 is 0 Å². The van der Waals surface area contributed by atoms with Gasteiger partial charge in [-0.05, 0) is 32.4 Å². The Kier molecular flexibility index (Phi) is 6.35. The molecule has 1 atom stereocenters. The fourth-order valence-electron chi connectivity index (χ4n) is 2.39. The van der Waals surface area contributed by atoms with Crippen LogP contribution < -0.4 is 10.1 Å². The molecule has 0 radical (unpaired) electrons. The average Bonchev–Trinajstić information content (AvgIpc) is 2.63. The maximum Gasteiger partial charge on any atom is 0.261 e. The van der Waals surface area contributed by atoms with Gasteiger partial charge in [0.05, 0.1) is 17.3 Å². The number of carbonyl (C=O) groups is 1. The van der Waals surface area contributed by atoms with Crippen molar-refractivity contribution in [2.45, 2.75) is 38.8 Å². The highest BCUT2D eigenvalue weighted by Gasteiger charge is 2.26.